The van der Waals surface area contributed by atoms with Gasteiger partial charge in [0, 0.05) is 25.1 Å². The number of hydrogen-bond acceptors (Lipinski definition) is 3. The smallest absolute Gasteiger partial charge is 0.224 e. The summed E-state index contributed by atoms with van der Waals surface area (Å²) < 4.78 is 19.2. The maximum Gasteiger partial charge on any atom is 0.224 e. The van der Waals surface area contributed by atoms with E-state index < -0.39 is 0 Å². The molecule has 6 heteroatoms. The summed E-state index contributed by atoms with van der Waals surface area (Å²) in [5.41, 5.74) is 5.87. The van der Waals surface area contributed by atoms with Crippen molar-refractivity contribution in [2.45, 2.75) is 12.5 Å². The number of morpholine rings is 1. The fraction of sp³-hybridized carbons (Fsp3) is 0.462. The Hall–Kier alpha value is -1.17. The number of benzene rings is 1. The van der Waals surface area contributed by atoms with Crippen LogP contribution in [0.25, 0.3) is 0 Å². The first-order chi connectivity index (χ1) is 8.72. The fourth-order valence-corrected chi connectivity index (χ4v) is 2.08. The van der Waals surface area contributed by atoms with Crippen molar-refractivity contribution >= 4 is 18.3 Å². The molecule has 106 valence electrons. The van der Waals surface area contributed by atoms with Crippen molar-refractivity contribution in [3.63, 3.8) is 0 Å². The summed E-state index contributed by atoms with van der Waals surface area (Å²) in [7, 11) is 0. The van der Waals surface area contributed by atoms with E-state index in [0.717, 1.165) is 0 Å². The van der Waals surface area contributed by atoms with E-state index in [-0.39, 0.29) is 30.2 Å². The van der Waals surface area contributed by atoms with Crippen LogP contribution in [0, 0.1) is 5.82 Å². The number of carbonyl (C=O) groups is 1. The van der Waals surface area contributed by atoms with Crippen LogP contribution in [-0.4, -0.2) is 37.0 Å². The third kappa shape index (κ3) is 3.89. The molecule has 19 heavy (non-hydrogen) atoms. The predicted octanol–water partition coefficient (Wildman–Crippen LogP) is 1.50. The first kappa shape index (κ1) is 15.9. The molecule has 1 aromatic carbocycles. The van der Waals surface area contributed by atoms with Gasteiger partial charge in [-0.25, -0.2) is 4.39 Å². The number of carbonyl (C=O) groups excluding carboxylic acids is 1. The Morgan fingerprint density at radius 2 is 2.21 bits per heavy atom. The fourth-order valence-electron chi connectivity index (χ4n) is 2.08. The lowest BCUT2D eigenvalue weighted by atomic mass is 10.1. The van der Waals surface area contributed by atoms with Gasteiger partial charge in [-0.1, -0.05) is 18.2 Å². The molecule has 0 saturated carbocycles. The number of halogens is 2. The maximum atomic E-state index is 13.6. The van der Waals surface area contributed by atoms with Gasteiger partial charge in [-0.05, 0) is 6.07 Å². The molecular weight excluding hydrogens is 271 g/mol. The van der Waals surface area contributed by atoms with Gasteiger partial charge in [-0.3, -0.25) is 4.79 Å². The summed E-state index contributed by atoms with van der Waals surface area (Å²) in [4.78, 5) is 13.4. The number of amides is 1. The van der Waals surface area contributed by atoms with Gasteiger partial charge in [-0.2, -0.15) is 0 Å². The van der Waals surface area contributed by atoms with E-state index in [1.54, 1.807) is 23.1 Å². The Labute approximate surface area is 118 Å². The van der Waals surface area contributed by atoms with Crippen molar-refractivity contribution in [1.82, 2.24) is 4.90 Å². The average molecular weight is 289 g/mol. The molecule has 1 aromatic rings. The number of nitrogens with two attached hydrogens (primary N) is 1. The summed E-state index contributed by atoms with van der Waals surface area (Å²) in [6, 6.07) is 6.50. The quantitative estimate of drug-likeness (QED) is 0.917. The zero-order valence-corrected chi connectivity index (χ0v) is 11.4. The third-order valence-corrected chi connectivity index (χ3v) is 3.03. The minimum Gasteiger partial charge on any atom is -0.370 e. The molecule has 2 N–H and O–H groups in total. The first-order valence-corrected chi connectivity index (χ1v) is 6.06. The van der Waals surface area contributed by atoms with Crippen LogP contribution >= 0.6 is 12.4 Å². The van der Waals surface area contributed by atoms with Crippen LogP contribution in [-0.2, 0) is 9.53 Å². The molecule has 1 aliphatic heterocycles. The van der Waals surface area contributed by atoms with Crippen molar-refractivity contribution in [3.05, 3.63) is 35.6 Å². The van der Waals surface area contributed by atoms with Gasteiger partial charge in [0.05, 0.1) is 13.2 Å². The lowest BCUT2D eigenvalue weighted by molar-refractivity contribution is -0.138. The highest BCUT2D eigenvalue weighted by molar-refractivity contribution is 5.85. The van der Waals surface area contributed by atoms with E-state index in [2.05, 4.69) is 0 Å². The topological polar surface area (TPSA) is 55.6 Å². The summed E-state index contributed by atoms with van der Waals surface area (Å²) in [5.74, 6) is -0.294. The summed E-state index contributed by atoms with van der Waals surface area (Å²) in [6.45, 7) is 1.69. The van der Waals surface area contributed by atoms with E-state index in [1.807, 2.05) is 0 Å². The first-order valence-electron chi connectivity index (χ1n) is 6.06. The molecule has 1 atom stereocenters. The van der Waals surface area contributed by atoms with Crippen molar-refractivity contribution < 1.29 is 13.9 Å². The largest absolute Gasteiger partial charge is 0.370 e. The molecule has 0 spiro atoms. The van der Waals surface area contributed by atoms with E-state index in [1.165, 1.54) is 6.07 Å². The van der Waals surface area contributed by atoms with Crippen LogP contribution < -0.4 is 5.73 Å². The Balaban J connectivity index is 0.00000180. The maximum absolute atomic E-state index is 13.6. The molecule has 1 amide bonds. The Kier molecular flexibility index (Phi) is 6.21. The van der Waals surface area contributed by atoms with Crippen LogP contribution in [0.2, 0.25) is 0 Å². The molecule has 1 fully saturated rings. The molecule has 0 aliphatic carbocycles. The summed E-state index contributed by atoms with van der Waals surface area (Å²) in [5, 5.41) is 0. The number of hydrogen-bond donors (Lipinski definition) is 1. The van der Waals surface area contributed by atoms with Crippen LogP contribution in [0.3, 0.4) is 0 Å². The molecule has 1 saturated heterocycles. The SMILES string of the molecule is Cl.NCCC(=O)N1CCOC(c2ccccc2F)C1. The van der Waals surface area contributed by atoms with Gasteiger partial charge in [0.25, 0.3) is 0 Å². The van der Waals surface area contributed by atoms with Gasteiger partial charge in [0.1, 0.15) is 11.9 Å². The van der Waals surface area contributed by atoms with E-state index in [9.17, 15) is 9.18 Å². The number of rotatable bonds is 3. The highest BCUT2D eigenvalue weighted by atomic mass is 35.5. The van der Waals surface area contributed by atoms with Crippen molar-refractivity contribution in [2.75, 3.05) is 26.2 Å². The number of nitrogens with zero attached hydrogens (tertiary/aromatic N) is 1. The molecule has 2 rings (SSSR count). The van der Waals surface area contributed by atoms with Crippen LogP contribution in [0.15, 0.2) is 24.3 Å². The molecular formula is C13H18ClFN2O2. The molecule has 1 unspecified atom stereocenters. The van der Waals surface area contributed by atoms with Gasteiger partial charge >= 0.3 is 0 Å². The Morgan fingerprint density at radius 1 is 1.47 bits per heavy atom. The normalized spacial score (nSPS) is 18.8. The van der Waals surface area contributed by atoms with Crippen molar-refractivity contribution in [1.29, 1.82) is 0 Å². The van der Waals surface area contributed by atoms with Gasteiger partial charge in [0.15, 0.2) is 0 Å². The highest BCUT2D eigenvalue weighted by Gasteiger charge is 2.26. The van der Waals surface area contributed by atoms with E-state index >= 15 is 0 Å². The van der Waals surface area contributed by atoms with E-state index in [4.69, 9.17) is 10.5 Å². The van der Waals surface area contributed by atoms with Gasteiger partial charge in [0.2, 0.25) is 5.91 Å². The molecule has 0 radical (unpaired) electrons. The second kappa shape index (κ2) is 7.43. The molecule has 0 bridgehead atoms. The monoisotopic (exact) mass is 288 g/mol. The van der Waals surface area contributed by atoms with Gasteiger partial charge in [-0.15, -0.1) is 12.4 Å². The number of ether oxygens (including phenoxy) is 1. The molecule has 0 aromatic heterocycles. The van der Waals surface area contributed by atoms with Crippen LogP contribution in [0.4, 0.5) is 4.39 Å². The Bertz CT molecular complexity index is 431. The van der Waals surface area contributed by atoms with Crippen molar-refractivity contribution in [3.8, 4) is 0 Å². The molecule has 1 aliphatic rings. The zero-order valence-electron chi connectivity index (χ0n) is 10.5. The summed E-state index contributed by atoms with van der Waals surface area (Å²) >= 11 is 0. The highest BCUT2D eigenvalue weighted by Crippen LogP contribution is 2.24. The Morgan fingerprint density at radius 3 is 2.89 bits per heavy atom. The standard InChI is InChI=1S/C13H17FN2O2.ClH/c14-11-4-2-1-3-10(11)12-9-16(7-8-18-12)13(17)5-6-15;/h1-4,12H,5-9,15H2;1H. The second-order valence-corrected chi connectivity index (χ2v) is 4.26. The average Bonchev–Trinajstić information content (AvgIpc) is 2.40. The summed E-state index contributed by atoms with van der Waals surface area (Å²) in [6.07, 6.45) is -0.0639. The third-order valence-electron chi connectivity index (χ3n) is 3.03. The van der Waals surface area contributed by atoms with Crippen LogP contribution in [0.1, 0.15) is 18.1 Å². The van der Waals surface area contributed by atoms with E-state index in [0.29, 0.717) is 38.2 Å². The van der Waals surface area contributed by atoms with Gasteiger partial charge < -0.3 is 15.4 Å². The lowest BCUT2D eigenvalue weighted by Crippen LogP contribution is -2.43. The zero-order chi connectivity index (χ0) is 13.0. The lowest BCUT2D eigenvalue weighted by Gasteiger charge is -2.33. The molecule has 1 heterocycles. The second-order valence-electron chi connectivity index (χ2n) is 4.26. The van der Waals surface area contributed by atoms with Crippen LogP contribution in [0.5, 0.6) is 0 Å². The minimum atomic E-state index is -0.387. The molecule has 4 nitrogen and oxygen atoms in total. The minimum absolute atomic E-state index is 0. The van der Waals surface area contributed by atoms with Crippen molar-refractivity contribution in [2.24, 2.45) is 5.73 Å². The predicted molar refractivity (Wildman–Crippen MR) is 72.6 cm³/mol.